The van der Waals surface area contributed by atoms with Crippen molar-refractivity contribution in [1.82, 2.24) is 19.6 Å². The smallest absolute Gasteiger partial charge is 0.0839 e. The van der Waals surface area contributed by atoms with Crippen LogP contribution in [-0.2, 0) is 13.1 Å². The topological polar surface area (TPSA) is 35.6 Å². The lowest BCUT2D eigenvalue weighted by atomic mass is 10.2. The molecule has 0 aliphatic heterocycles. The molecule has 4 nitrogen and oxygen atoms in total. The third-order valence-corrected chi connectivity index (χ3v) is 3.87. The van der Waals surface area contributed by atoms with E-state index in [9.17, 15) is 0 Å². The van der Waals surface area contributed by atoms with Crippen molar-refractivity contribution in [3.05, 3.63) is 34.3 Å². The fourth-order valence-electron chi connectivity index (χ4n) is 2.06. The zero-order chi connectivity index (χ0) is 11.8. The van der Waals surface area contributed by atoms with Gasteiger partial charge >= 0.3 is 0 Å². The van der Waals surface area contributed by atoms with E-state index in [-0.39, 0.29) is 0 Å². The predicted octanol–water partition coefficient (Wildman–Crippen LogP) is 2.79. The van der Waals surface area contributed by atoms with Crippen LogP contribution >= 0.6 is 15.9 Å². The monoisotopic (exact) mass is 294 g/mol. The van der Waals surface area contributed by atoms with Crippen LogP contribution in [0.15, 0.2) is 23.1 Å². The van der Waals surface area contributed by atoms with Crippen LogP contribution in [0.4, 0.5) is 0 Å². The molecule has 0 bridgehead atoms. The molecule has 0 radical (unpaired) electrons. The maximum atomic E-state index is 4.42. The summed E-state index contributed by atoms with van der Waals surface area (Å²) in [6, 6.07) is 0. The highest BCUT2D eigenvalue weighted by molar-refractivity contribution is 9.10. The molecule has 0 N–H and O–H groups in total. The molecule has 5 heteroatoms. The normalized spacial score (nSPS) is 15.4. The van der Waals surface area contributed by atoms with E-state index >= 15 is 0 Å². The van der Waals surface area contributed by atoms with Gasteiger partial charge in [-0.15, -0.1) is 0 Å². The minimum Gasteiger partial charge on any atom is -0.267 e. The van der Waals surface area contributed by atoms with Crippen LogP contribution in [0, 0.1) is 0 Å². The van der Waals surface area contributed by atoms with Crippen molar-refractivity contribution in [2.45, 2.75) is 38.8 Å². The third kappa shape index (κ3) is 2.16. The van der Waals surface area contributed by atoms with Crippen LogP contribution in [0.3, 0.4) is 0 Å². The average molecular weight is 295 g/mol. The van der Waals surface area contributed by atoms with Gasteiger partial charge in [0.05, 0.1) is 29.1 Å². The Balaban J connectivity index is 1.82. The molecule has 90 valence electrons. The van der Waals surface area contributed by atoms with E-state index in [0.717, 1.165) is 23.5 Å². The van der Waals surface area contributed by atoms with Crippen LogP contribution < -0.4 is 0 Å². The first-order valence-corrected chi connectivity index (χ1v) is 6.79. The average Bonchev–Trinajstić information content (AvgIpc) is 2.99. The Morgan fingerprint density at radius 2 is 2.18 bits per heavy atom. The van der Waals surface area contributed by atoms with Crippen molar-refractivity contribution in [2.75, 3.05) is 0 Å². The second-order valence-electron chi connectivity index (χ2n) is 4.50. The van der Waals surface area contributed by atoms with E-state index in [1.165, 1.54) is 24.1 Å². The molecule has 2 heterocycles. The summed E-state index contributed by atoms with van der Waals surface area (Å²) in [5.74, 6) is 0.767. The predicted molar refractivity (Wildman–Crippen MR) is 68.9 cm³/mol. The molecule has 3 rings (SSSR count). The number of halogens is 1. The number of hydrogen-bond donors (Lipinski definition) is 0. The van der Waals surface area contributed by atoms with Gasteiger partial charge in [-0.3, -0.25) is 9.36 Å². The molecule has 0 spiro atoms. The second kappa shape index (κ2) is 4.29. The lowest BCUT2D eigenvalue weighted by molar-refractivity contribution is 0.576. The molecule has 2 aromatic heterocycles. The molecule has 0 atom stereocenters. The van der Waals surface area contributed by atoms with Crippen LogP contribution in [0.5, 0.6) is 0 Å². The maximum absolute atomic E-state index is 4.42. The summed E-state index contributed by atoms with van der Waals surface area (Å²) in [6.45, 7) is 3.76. The van der Waals surface area contributed by atoms with Crippen molar-refractivity contribution in [1.29, 1.82) is 0 Å². The Morgan fingerprint density at radius 3 is 2.88 bits per heavy atom. The van der Waals surface area contributed by atoms with E-state index in [1.807, 2.05) is 21.8 Å². The molecule has 0 aromatic carbocycles. The van der Waals surface area contributed by atoms with Gasteiger partial charge in [0, 0.05) is 12.7 Å². The molecule has 1 aliphatic carbocycles. The molecule has 1 aliphatic rings. The summed E-state index contributed by atoms with van der Waals surface area (Å²) in [5.41, 5.74) is 2.56. The molecule has 17 heavy (non-hydrogen) atoms. The first kappa shape index (κ1) is 11.0. The standard InChI is InChI=1S/C12H15BrN4/c1-2-17-12(11(13)6-15-17)8-16-7-10(5-14-16)9-3-4-9/h5-7,9H,2-4,8H2,1H3. The summed E-state index contributed by atoms with van der Waals surface area (Å²) < 4.78 is 5.06. The van der Waals surface area contributed by atoms with Crippen molar-refractivity contribution in [2.24, 2.45) is 0 Å². The minimum atomic E-state index is 0.767. The Labute approximate surface area is 109 Å². The molecule has 1 fully saturated rings. The van der Waals surface area contributed by atoms with Gasteiger partial charge in [0.2, 0.25) is 0 Å². The summed E-state index contributed by atoms with van der Waals surface area (Å²) in [6.07, 6.45) is 8.66. The number of aryl methyl sites for hydroxylation is 1. The van der Waals surface area contributed by atoms with Crippen LogP contribution in [0.1, 0.15) is 36.9 Å². The van der Waals surface area contributed by atoms with E-state index < -0.39 is 0 Å². The minimum absolute atomic E-state index is 0.767. The zero-order valence-corrected chi connectivity index (χ0v) is 11.4. The van der Waals surface area contributed by atoms with Crippen molar-refractivity contribution < 1.29 is 0 Å². The summed E-state index contributed by atoms with van der Waals surface area (Å²) >= 11 is 3.54. The van der Waals surface area contributed by atoms with Crippen LogP contribution in [-0.4, -0.2) is 19.6 Å². The highest BCUT2D eigenvalue weighted by Gasteiger charge is 2.24. The highest BCUT2D eigenvalue weighted by Crippen LogP contribution is 2.39. The van der Waals surface area contributed by atoms with Crippen molar-refractivity contribution in [3.8, 4) is 0 Å². The van der Waals surface area contributed by atoms with Crippen LogP contribution in [0.2, 0.25) is 0 Å². The molecular formula is C12H15BrN4. The lowest BCUT2D eigenvalue weighted by Crippen LogP contribution is -2.08. The molecular weight excluding hydrogens is 280 g/mol. The van der Waals surface area contributed by atoms with Crippen molar-refractivity contribution >= 4 is 15.9 Å². The van der Waals surface area contributed by atoms with Gasteiger partial charge in [-0.1, -0.05) is 0 Å². The van der Waals surface area contributed by atoms with E-state index in [2.05, 4.69) is 39.2 Å². The number of nitrogens with zero attached hydrogens (tertiary/aromatic N) is 4. The van der Waals surface area contributed by atoms with E-state index in [1.54, 1.807) is 0 Å². The second-order valence-corrected chi connectivity index (χ2v) is 5.35. The maximum Gasteiger partial charge on any atom is 0.0839 e. The Morgan fingerprint density at radius 1 is 1.35 bits per heavy atom. The lowest BCUT2D eigenvalue weighted by Gasteiger charge is -2.05. The number of aromatic nitrogens is 4. The van der Waals surface area contributed by atoms with Gasteiger partial charge in [0.1, 0.15) is 0 Å². The molecule has 0 amide bonds. The zero-order valence-electron chi connectivity index (χ0n) is 9.80. The Bertz CT molecular complexity index is 524. The van der Waals surface area contributed by atoms with Crippen molar-refractivity contribution in [3.63, 3.8) is 0 Å². The molecule has 0 saturated heterocycles. The van der Waals surface area contributed by atoms with E-state index in [0.29, 0.717) is 0 Å². The number of hydrogen-bond acceptors (Lipinski definition) is 2. The highest BCUT2D eigenvalue weighted by atomic mass is 79.9. The molecule has 1 saturated carbocycles. The summed E-state index contributed by atoms with van der Waals surface area (Å²) in [7, 11) is 0. The summed E-state index contributed by atoms with van der Waals surface area (Å²) in [5, 5.41) is 8.74. The molecule has 0 unspecified atom stereocenters. The summed E-state index contributed by atoms with van der Waals surface area (Å²) in [4.78, 5) is 0. The largest absolute Gasteiger partial charge is 0.267 e. The fraction of sp³-hybridized carbons (Fsp3) is 0.500. The first-order chi connectivity index (χ1) is 8.28. The van der Waals surface area contributed by atoms with Gasteiger partial charge < -0.3 is 0 Å². The van der Waals surface area contributed by atoms with Gasteiger partial charge in [0.15, 0.2) is 0 Å². The quantitative estimate of drug-likeness (QED) is 0.869. The fourth-order valence-corrected chi connectivity index (χ4v) is 2.49. The third-order valence-electron chi connectivity index (χ3n) is 3.21. The Hall–Kier alpha value is -1.10. The molecule has 2 aromatic rings. The first-order valence-electron chi connectivity index (χ1n) is 6.00. The Kier molecular flexibility index (Phi) is 2.78. The van der Waals surface area contributed by atoms with Gasteiger partial charge in [0.25, 0.3) is 0 Å². The van der Waals surface area contributed by atoms with Gasteiger partial charge in [-0.2, -0.15) is 10.2 Å². The van der Waals surface area contributed by atoms with E-state index in [4.69, 9.17) is 0 Å². The van der Waals surface area contributed by atoms with Crippen LogP contribution in [0.25, 0.3) is 0 Å². The number of rotatable bonds is 4. The van der Waals surface area contributed by atoms with Gasteiger partial charge in [-0.05, 0) is 47.2 Å². The SMILES string of the molecule is CCn1ncc(Br)c1Cn1cc(C2CC2)cn1. The van der Waals surface area contributed by atoms with Gasteiger partial charge in [-0.25, -0.2) is 0 Å².